The SMILES string of the molecule is CNC(=O)C1CCN(CCOCCOCC(=O)NCCOCCOC)CC1. The number of nitrogens with zero attached hydrogens (tertiary/aromatic N) is 1. The lowest BCUT2D eigenvalue weighted by Gasteiger charge is -2.30. The molecule has 2 N–H and O–H groups in total. The summed E-state index contributed by atoms with van der Waals surface area (Å²) in [5.74, 6) is 0.124. The van der Waals surface area contributed by atoms with E-state index < -0.39 is 0 Å². The maximum absolute atomic E-state index is 11.6. The van der Waals surface area contributed by atoms with E-state index in [0.717, 1.165) is 32.5 Å². The van der Waals surface area contributed by atoms with Gasteiger partial charge >= 0.3 is 0 Å². The van der Waals surface area contributed by atoms with E-state index >= 15 is 0 Å². The third-order valence-electron chi connectivity index (χ3n) is 4.36. The lowest BCUT2D eigenvalue weighted by Crippen LogP contribution is -2.40. The number of carbonyl (C=O) groups excluding carboxylic acids is 2. The first-order valence-electron chi connectivity index (χ1n) is 9.60. The van der Waals surface area contributed by atoms with Crippen LogP contribution in [-0.4, -0.2) is 103 Å². The maximum atomic E-state index is 11.6. The van der Waals surface area contributed by atoms with Gasteiger partial charge in [-0.15, -0.1) is 0 Å². The Morgan fingerprint density at radius 2 is 1.63 bits per heavy atom. The molecule has 0 unspecified atom stereocenters. The van der Waals surface area contributed by atoms with Gasteiger partial charge in [-0.1, -0.05) is 0 Å². The lowest BCUT2D eigenvalue weighted by atomic mass is 9.96. The van der Waals surface area contributed by atoms with E-state index in [0.29, 0.717) is 46.2 Å². The highest BCUT2D eigenvalue weighted by molar-refractivity contribution is 5.78. The van der Waals surface area contributed by atoms with Gasteiger partial charge in [0.05, 0.1) is 39.6 Å². The van der Waals surface area contributed by atoms with Gasteiger partial charge in [0, 0.05) is 33.2 Å². The topological polar surface area (TPSA) is 98.4 Å². The smallest absolute Gasteiger partial charge is 0.246 e. The Hall–Kier alpha value is -1.26. The van der Waals surface area contributed by atoms with Crippen molar-refractivity contribution in [2.24, 2.45) is 5.92 Å². The Morgan fingerprint density at radius 1 is 0.963 bits per heavy atom. The van der Waals surface area contributed by atoms with E-state index in [9.17, 15) is 9.59 Å². The molecule has 0 atom stereocenters. The number of piperidine rings is 1. The molecule has 2 amide bonds. The molecule has 1 saturated heterocycles. The first kappa shape index (κ1) is 23.8. The van der Waals surface area contributed by atoms with Crippen LogP contribution in [-0.2, 0) is 28.5 Å². The van der Waals surface area contributed by atoms with Crippen molar-refractivity contribution in [3.05, 3.63) is 0 Å². The molecule has 0 radical (unpaired) electrons. The second kappa shape index (κ2) is 15.8. The average molecular weight is 389 g/mol. The number of methoxy groups -OCH3 is 1. The summed E-state index contributed by atoms with van der Waals surface area (Å²) in [5.41, 5.74) is 0. The van der Waals surface area contributed by atoms with Crippen LogP contribution < -0.4 is 10.6 Å². The van der Waals surface area contributed by atoms with Crippen LogP contribution in [0, 0.1) is 5.92 Å². The lowest BCUT2D eigenvalue weighted by molar-refractivity contribution is -0.126. The molecule has 1 aliphatic heterocycles. The Labute approximate surface area is 162 Å². The van der Waals surface area contributed by atoms with Crippen molar-refractivity contribution in [1.29, 1.82) is 0 Å². The van der Waals surface area contributed by atoms with Crippen molar-refractivity contribution >= 4 is 11.8 Å². The third-order valence-corrected chi connectivity index (χ3v) is 4.36. The molecule has 158 valence electrons. The van der Waals surface area contributed by atoms with Crippen LogP contribution in [0.4, 0.5) is 0 Å². The summed E-state index contributed by atoms with van der Waals surface area (Å²) in [6, 6.07) is 0. The molecule has 9 heteroatoms. The van der Waals surface area contributed by atoms with Crippen LogP contribution in [0.1, 0.15) is 12.8 Å². The summed E-state index contributed by atoms with van der Waals surface area (Å²) in [4.78, 5) is 25.4. The summed E-state index contributed by atoms with van der Waals surface area (Å²) >= 11 is 0. The second-order valence-corrected chi connectivity index (χ2v) is 6.35. The average Bonchev–Trinajstić information content (AvgIpc) is 2.69. The predicted octanol–water partition coefficient (Wildman–Crippen LogP) is -0.743. The maximum Gasteiger partial charge on any atom is 0.246 e. The zero-order chi connectivity index (χ0) is 19.7. The van der Waals surface area contributed by atoms with Crippen molar-refractivity contribution in [3.8, 4) is 0 Å². The highest BCUT2D eigenvalue weighted by atomic mass is 16.5. The van der Waals surface area contributed by atoms with E-state index in [-0.39, 0.29) is 24.3 Å². The van der Waals surface area contributed by atoms with E-state index in [2.05, 4.69) is 15.5 Å². The molecule has 0 saturated carbocycles. The van der Waals surface area contributed by atoms with Crippen molar-refractivity contribution in [1.82, 2.24) is 15.5 Å². The Bertz CT molecular complexity index is 403. The molecule has 27 heavy (non-hydrogen) atoms. The molecule has 9 nitrogen and oxygen atoms in total. The van der Waals surface area contributed by atoms with Gasteiger partial charge in [-0.05, 0) is 25.9 Å². The number of hydrogen-bond donors (Lipinski definition) is 2. The fourth-order valence-corrected chi connectivity index (χ4v) is 2.76. The number of carbonyl (C=O) groups is 2. The molecule has 1 heterocycles. The van der Waals surface area contributed by atoms with Crippen molar-refractivity contribution in [3.63, 3.8) is 0 Å². The summed E-state index contributed by atoms with van der Waals surface area (Å²) in [6.45, 7) is 6.17. The molecular formula is C18H35N3O6. The van der Waals surface area contributed by atoms with Crippen molar-refractivity contribution in [2.75, 3.05) is 86.6 Å². The zero-order valence-electron chi connectivity index (χ0n) is 16.7. The zero-order valence-corrected chi connectivity index (χ0v) is 16.7. The van der Waals surface area contributed by atoms with Crippen molar-refractivity contribution in [2.45, 2.75) is 12.8 Å². The van der Waals surface area contributed by atoms with Crippen LogP contribution in [0.15, 0.2) is 0 Å². The van der Waals surface area contributed by atoms with Crippen molar-refractivity contribution < 1.29 is 28.5 Å². The van der Waals surface area contributed by atoms with E-state index in [1.54, 1.807) is 14.2 Å². The molecule has 1 aliphatic rings. The first-order valence-corrected chi connectivity index (χ1v) is 9.60. The van der Waals surface area contributed by atoms with Crippen LogP contribution in [0.5, 0.6) is 0 Å². The number of ether oxygens (including phenoxy) is 4. The standard InChI is InChI=1S/C18H35N3O6/c1-19-18(23)16-3-6-21(7-4-16)8-10-26-13-14-27-15-17(22)20-5-9-25-12-11-24-2/h16H,3-15H2,1-2H3,(H,19,23)(H,20,22). The molecule has 0 aromatic rings. The van der Waals surface area contributed by atoms with Gasteiger partial charge in [0.15, 0.2) is 0 Å². The minimum Gasteiger partial charge on any atom is -0.382 e. The third kappa shape index (κ3) is 11.9. The normalized spacial score (nSPS) is 15.6. The quantitative estimate of drug-likeness (QED) is 0.356. The summed E-state index contributed by atoms with van der Waals surface area (Å²) in [6.07, 6.45) is 1.80. The largest absolute Gasteiger partial charge is 0.382 e. The highest BCUT2D eigenvalue weighted by Gasteiger charge is 2.23. The fraction of sp³-hybridized carbons (Fsp3) is 0.889. The molecule has 1 rings (SSSR count). The van der Waals surface area contributed by atoms with Crippen LogP contribution in [0.25, 0.3) is 0 Å². The Kier molecular flexibility index (Phi) is 13.9. The van der Waals surface area contributed by atoms with Gasteiger partial charge in [-0.2, -0.15) is 0 Å². The first-order chi connectivity index (χ1) is 13.2. The van der Waals surface area contributed by atoms with Gasteiger partial charge < -0.3 is 34.5 Å². The Balaban J connectivity index is 1.86. The molecule has 0 bridgehead atoms. The number of rotatable bonds is 15. The van der Waals surface area contributed by atoms with Crippen LogP contribution in [0.2, 0.25) is 0 Å². The summed E-state index contributed by atoms with van der Waals surface area (Å²) < 4.78 is 20.9. The van der Waals surface area contributed by atoms with E-state index in [1.807, 2.05) is 0 Å². The van der Waals surface area contributed by atoms with Gasteiger partial charge in [-0.25, -0.2) is 0 Å². The van der Waals surface area contributed by atoms with Gasteiger partial charge in [0.2, 0.25) is 11.8 Å². The molecular weight excluding hydrogens is 354 g/mol. The van der Waals surface area contributed by atoms with Crippen LogP contribution >= 0.6 is 0 Å². The molecule has 0 aromatic carbocycles. The van der Waals surface area contributed by atoms with Gasteiger partial charge in [-0.3, -0.25) is 9.59 Å². The predicted molar refractivity (Wildman–Crippen MR) is 101 cm³/mol. The summed E-state index contributed by atoms with van der Waals surface area (Å²) in [7, 11) is 3.30. The Morgan fingerprint density at radius 3 is 2.33 bits per heavy atom. The molecule has 0 aliphatic carbocycles. The van der Waals surface area contributed by atoms with E-state index in [1.165, 1.54) is 0 Å². The number of hydrogen-bond acceptors (Lipinski definition) is 7. The minimum absolute atomic E-state index is 0.0223. The molecule has 0 aromatic heterocycles. The summed E-state index contributed by atoms with van der Waals surface area (Å²) in [5, 5.41) is 5.43. The van der Waals surface area contributed by atoms with E-state index in [4.69, 9.17) is 18.9 Å². The monoisotopic (exact) mass is 389 g/mol. The van der Waals surface area contributed by atoms with Gasteiger partial charge in [0.25, 0.3) is 0 Å². The molecule has 0 spiro atoms. The molecule has 1 fully saturated rings. The highest BCUT2D eigenvalue weighted by Crippen LogP contribution is 2.16. The number of likely N-dealkylation sites (tertiary alicyclic amines) is 1. The van der Waals surface area contributed by atoms with Crippen LogP contribution in [0.3, 0.4) is 0 Å². The second-order valence-electron chi connectivity index (χ2n) is 6.35. The minimum atomic E-state index is -0.163. The van der Waals surface area contributed by atoms with Gasteiger partial charge in [0.1, 0.15) is 6.61 Å². The number of nitrogens with one attached hydrogen (secondary N) is 2. The number of amides is 2. The fourth-order valence-electron chi connectivity index (χ4n) is 2.76.